The summed E-state index contributed by atoms with van der Waals surface area (Å²) in [4.78, 5) is 34.6. The molecule has 1 heterocycles. The lowest BCUT2D eigenvalue weighted by Crippen LogP contribution is -2.28. The summed E-state index contributed by atoms with van der Waals surface area (Å²) < 4.78 is 31.6. The van der Waals surface area contributed by atoms with Crippen LogP contribution in [0.15, 0.2) is 53.4 Å². The molecule has 2 aromatic carbocycles. The first kappa shape index (κ1) is 20.6. The second-order valence-electron chi connectivity index (χ2n) is 6.45. The molecule has 0 aromatic heterocycles. The average molecular weight is 418 g/mol. The van der Waals surface area contributed by atoms with Crippen LogP contribution in [-0.2, 0) is 14.8 Å². The van der Waals surface area contributed by atoms with Crippen molar-refractivity contribution < 1.29 is 27.7 Å². The van der Waals surface area contributed by atoms with Crippen molar-refractivity contribution in [2.45, 2.75) is 17.7 Å². The lowest BCUT2D eigenvalue weighted by atomic mass is 10.1. The topological polar surface area (TPSA) is 124 Å². The van der Waals surface area contributed by atoms with Crippen LogP contribution in [0.3, 0.4) is 0 Å². The average Bonchev–Trinajstić information content (AvgIpc) is 3.27. The molecule has 0 aliphatic carbocycles. The Balaban J connectivity index is 1.69. The van der Waals surface area contributed by atoms with Crippen molar-refractivity contribution in [3.63, 3.8) is 0 Å². The van der Waals surface area contributed by atoms with E-state index in [4.69, 9.17) is 4.74 Å². The van der Waals surface area contributed by atoms with Crippen LogP contribution in [-0.4, -0.2) is 49.1 Å². The molecule has 152 valence electrons. The maximum Gasteiger partial charge on any atom is 0.338 e. The van der Waals surface area contributed by atoms with Crippen LogP contribution in [0, 0.1) is 10.1 Å². The molecule has 0 saturated carbocycles. The number of rotatable bonds is 7. The third kappa shape index (κ3) is 4.66. The molecule has 1 fully saturated rings. The summed E-state index contributed by atoms with van der Waals surface area (Å²) in [5, 5.41) is 10.8. The van der Waals surface area contributed by atoms with Crippen LogP contribution < -0.4 is 0 Å². The van der Waals surface area contributed by atoms with Crippen molar-refractivity contribution in [1.82, 2.24) is 4.31 Å². The number of nitro benzene ring substituents is 1. The fourth-order valence-electron chi connectivity index (χ4n) is 2.95. The van der Waals surface area contributed by atoms with Gasteiger partial charge in [0.1, 0.15) is 0 Å². The first-order valence-corrected chi connectivity index (χ1v) is 10.3. The highest BCUT2D eigenvalue weighted by Gasteiger charge is 2.27. The minimum absolute atomic E-state index is 0.00267. The number of carbonyl (C=O) groups is 2. The van der Waals surface area contributed by atoms with E-state index in [1.165, 1.54) is 46.8 Å². The molecule has 0 spiro atoms. The van der Waals surface area contributed by atoms with Crippen LogP contribution in [0.4, 0.5) is 5.69 Å². The van der Waals surface area contributed by atoms with Gasteiger partial charge in [0.05, 0.1) is 15.4 Å². The standard InChI is InChI=1S/C19H18N2O7S/c22-18(14-5-3-7-16(11-14)21(24)25)13-28-19(23)15-6-4-8-17(12-15)29(26,27)20-9-1-2-10-20/h3-8,11-12H,1-2,9-10,13H2. The van der Waals surface area contributed by atoms with Gasteiger partial charge >= 0.3 is 5.97 Å². The lowest BCUT2D eigenvalue weighted by Gasteiger charge is -2.15. The normalized spacial score (nSPS) is 14.5. The summed E-state index contributed by atoms with van der Waals surface area (Å²) in [6.45, 7) is 0.256. The van der Waals surface area contributed by atoms with Gasteiger partial charge in [0, 0.05) is 30.8 Å². The number of Topliss-reactive ketones (excluding diaryl/α,β-unsaturated/α-hetero) is 1. The molecule has 1 aliphatic heterocycles. The number of benzene rings is 2. The van der Waals surface area contributed by atoms with Crippen molar-refractivity contribution in [2.75, 3.05) is 19.7 Å². The zero-order valence-corrected chi connectivity index (χ0v) is 16.1. The summed E-state index contributed by atoms with van der Waals surface area (Å²) in [5.74, 6) is -1.47. The SMILES string of the molecule is O=C(COC(=O)c1cccc(S(=O)(=O)N2CCCC2)c1)c1cccc([N+](=O)[O-])c1. The fourth-order valence-corrected chi connectivity index (χ4v) is 4.52. The van der Waals surface area contributed by atoms with Crippen LogP contribution in [0.1, 0.15) is 33.6 Å². The van der Waals surface area contributed by atoms with Crippen molar-refractivity contribution in [3.8, 4) is 0 Å². The van der Waals surface area contributed by atoms with Crippen LogP contribution in [0.25, 0.3) is 0 Å². The first-order valence-electron chi connectivity index (χ1n) is 8.84. The third-order valence-corrected chi connectivity index (χ3v) is 6.38. The Bertz CT molecular complexity index is 1060. The minimum Gasteiger partial charge on any atom is -0.454 e. The van der Waals surface area contributed by atoms with Gasteiger partial charge in [0.15, 0.2) is 6.61 Å². The highest BCUT2D eigenvalue weighted by Crippen LogP contribution is 2.22. The molecule has 1 saturated heterocycles. The Morgan fingerprint density at radius 2 is 1.69 bits per heavy atom. The second-order valence-corrected chi connectivity index (χ2v) is 8.38. The van der Waals surface area contributed by atoms with Gasteiger partial charge < -0.3 is 4.74 Å². The molecule has 10 heteroatoms. The first-order chi connectivity index (χ1) is 13.8. The highest BCUT2D eigenvalue weighted by atomic mass is 32.2. The highest BCUT2D eigenvalue weighted by molar-refractivity contribution is 7.89. The van der Waals surface area contributed by atoms with E-state index in [-0.39, 0.29) is 21.7 Å². The van der Waals surface area contributed by atoms with E-state index in [0.29, 0.717) is 13.1 Å². The van der Waals surface area contributed by atoms with E-state index in [1.807, 2.05) is 0 Å². The maximum atomic E-state index is 12.6. The maximum absolute atomic E-state index is 12.6. The molecule has 0 N–H and O–H groups in total. The van der Waals surface area contributed by atoms with Crippen molar-refractivity contribution >= 4 is 27.5 Å². The number of ether oxygens (including phenoxy) is 1. The summed E-state index contributed by atoms with van der Waals surface area (Å²) in [6, 6.07) is 10.5. The van der Waals surface area contributed by atoms with Crippen LogP contribution >= 0.6 is 0 Å². The molecular formula is C19H18N2O7S. The summed E-state index contributed by atoms with van der Waals surface area (Å²) in [5.41, 5.74) is -0.212. The van der Waals surface area contributed by atoms with Gasteiger partial charge in [0.25, 0.3) is 5.69 Å². The van der Waals surface area contributed by atoms with E-state index in [2.05, 4.69) is 0 Å². The number of ketones is 1. The molecule has 2 aromatic rings. The number of hydrogen-bond acceptors (Lipinski definition) is 7. The molecule has 3 rings (SSSR count). The zero-order valence-electron chi connectivity index (χ0n) is 15.3. The Kier molecular flexibility index (Phi) is 6.04. The Morgan fingerprint density at radius 1 is 1.03 bits per heavy atom. The Hall–Kier alpha value is -3.11. The number of carbonyl (C=O) groups excluding carboxylic acids is 2. The smallest absolute Gasteiger partial charge is 0.338 e. The predicted molar refractivity (Wildman–Crippen MR) is 102 cm³/mol. The molecule has 0 bridgehead atoms. The number of nitrogens with zero attached hydrogens (tertiary/aromatic N) is 2. The van der Waals surface area contributed by atoms with Crippen molar-refractivity contribution in [3.05, 3.63) is 69.8 Å². The molecule has 0 unspecified atom stereocenters. The summed E-state index contributed by atoms with van der Waals surface area (Å²) in [7, 11) is -3.69. The summed E-state index contributed by atoms with van der Waals surface area (Å²) in [6.07, 6.45) is 1.58. The molecule has 0 amide bonds. The van der Waals surface area contributed by atoms with Gasteiger partial charge in [-0.2, -0.15) is 4.31 Å². The largest absolute Gasteiger partial charge is 0.454 e. The van der Waals surface area contributed by atoms with Gasteiger partial charge in [-0.1, -0.05) is 18.2 Å². The van der Waals surface area contributed by atoms with Crippen molar-refractivity contribution in [1.29, 1.82) is 0 Å². The van der Waals surface area contributed by atoms with E-state index in [1.54, 1.807) is 0 Å². The molecular weight excluding hydrogens is 400 g/mol. The molecule has 1 aliphatic rings. The number of esters is 1. The number of sulfonamides is 1. The Morgan fingerprint density at radius 3 is 2.38 bits per heavy atom. The molecule has 0 atom stereocenters. The molecule has 29 heavy (non-hydrogen) atoms. The van der Waals surface area contributed by atoms with Gasteiger partial charge in [-0.15, -0.1) is 0 Å². The van der Waals surface area contributed by atoms with Crippen molar-refractivity contribution in [2.24, 2.45) is 0 Å². The predicted octanol–water partition coefficient (Wildman–Crippen LogP) is 2.42. The third-order valence-electron chi connectivity index (χ3n) is 4.49. The van der Waals surface area contributed by atoms with E-state index < -0.39 is 33.3 Å². The number of nitro groups is 1. The van der Waals surface area contributed by atoms with Gasteiger partial charge in [-0.05, 0) is 31.0 Å². The number of hydrogen-bond donors (Lipinski definition) is 0. The lowest BCUT2D eigenvalue weighted by molar-refractivity contribution is -0.384. The fraction of sp³-hybridized carbons (Fsp3) is 0.263. The number of non-ortho nitro benzene ring substituents is 1. The monoisotopic (exact) mass is 418 g/mol. The van der Waals surface area contributed by atoms with Gasteiger partial charge in [0.2, 0.25) is 15.8 Å². The van der Waals surface area contributed by atoms with E-state index >= 15 is 0 Å². The minimum atomic E-state index is -3.69. The quantitative estimate of drug-likeness (QED) is 0.293. The summed E-state index contributed by atoms with van der Waals surface area (Å²) >= 11 is 0. The van der Waals surface area contributed by atoms with Gasteiger partial charge in [-0.3, -0.25) is 14.9 Å². The molecule has 0 radical (unpaired) electrons. The second kappa shape index (κ2) is 8.50. The van der Waals surface area contributed by atoms with E-state index in [9.17, 15) is 28.1 Å². The van der Waals surface area contributed by atoms with E-state index in [0.717, 1.165) is 18.9 Å². The van der Waals surface area contributed by atoms with Gasteiger partial charge in [-0.25, -0.2) is 13.2 Å². The van der Waals surface area contributed by atoms with Crippen LogP contribution in [0.2, 0.25) is 0 Å². The molecule has 9 nitrogen and oxygen atoms in total. The zero-order chi connectivity index (χ0) is 21.0. The van der Waals surface area contributed by atoms with Crippen LogP contribution in [0.5, 0.6) is 0 Å². The Labute approximate surface area is 167 Å².